The molecule has 0 saturated heterocycles. The van der Waals surface area contributed by atoms with Crippen molar-refractivity contribution in [3.8, 4) is 5.69 Å². The maximum Gasteiger partial charge on any atom is 0.268 e. The summed E-state index contributed by atoms with van der Waals surface area (Å²) < 4.78 is 3.74. The number of nitrogens with zero attached hydrogens (tertiary/aromatic N) is 4. The molecule has 5 nitrogen and oxygen atoms in total. The van der Waals surface area contributed by atoms with Gasteiger partial charge in [0, 0.05) is 4.88 Å². The molecule has 3 heterocycles. The Bertz CT molecular complexity index is 1170. The first-order chi connectivity index (χ1) is 12.1. The maximum absolute atomic E-state index is 13.5. The molecule has 1 atom stereocenters. The molecule has 0 spiro atoms. The predicted molar refractivity (Wildman–Crippen MR) is 99.9 cm³/mol. The monoisotopic (exact) mass is 350 g/mol. The van der Waals surface area contributed by atoms with Crippen LogP contribution in [-0.4, -0.2) is 19.2 Å². The number of para-hydroxylation sites is 1. The van der Waals surface area contributed by atoms with E-state index in [9.17, 15) is 4.79 Å². The van der Waals surface area contributed by atoms with Crippen molar-refractivity contribution in [1.82, 2.24) is 19.2 Å². The number of fused-ring (bicyclic) bond motifs is 5. The van der Waals surface area contributed by atoms with Crippen LogP contribution in [0.3, 0.4) is 0 Å². The molecule has 5 rings (SSSR count). The summed E-state index contributed by atoms with van der Waals surface area (Å²) in [6.07, 6.45) is 3.18. The van der Waals surface area contributed by atoms with Crippen molar-refractivity contribution in [3.05, 3.63) is 57.0 Å². The summed E-state index contributed by atoms with van der Waals surface area (Å²) in [5, 5.41) is 9.42. The molecule has 25 heavy (non-hydrogen) atoms. The minimum atomic E-state index is 0.0214. The highest BCUT2D eigenvalue weighted by Gasteiger charge is 2.26. The zero-order chi connectivity index (χ0) is 17.1. The summed E-state index contributed by atoms with van der Waals surface area (Å²) in [6, 6.07) is 9.72. The highest BCUT2D eigenvalue weighted by molar-refractivity contribution is 7.18. The molecular formula is C19H18N4OS. The van der Waals surface area contributed by atoms with Crippen LogP contribution in [0.2, 0.25) is 0 Å². The molecule has 0 N–H and O–H groups in total. The lowest BCUT2D eigenvalue weighted by molar-refractivity contribution is 0.509. The fourth-order valence-corrected chi connectivity index (χ4v) is 5.41. The first-order valence-electron chi connectivity index (χ1n) is 8.61. The van der Waals surface area contributed by atoms with Gasteiger partial charge in [-0.05, 0) is 49.8 Å². The van der Waals surface area contributed by atoms with Crippen LogP contribution in [0.4, 0.5) is 0 Å². The first-order valence-corrected chi connectivity index (χ1v) is 9.43. The Morgan fingerprint density at radius 3 is 2.80 bits per heavy atom. The van der Waals surface area contributed by atoms with E-state index in [1.54, 1.807) is 15.9 Å². The Labute approximate surface area is 148 Å². The van der Waals surface area contributed by atoms with E-state index in [0.717, 1.165) is 41.0 Å². The van der Waals surface area contributed by atoms with Crippen molar-refractivity contribution < 1.29 is 0 Å². The van der Waals surface area contributed by atoms with Gasteiger partial charge < -0.3 is 0 Å². The highest BCUT2D eigenvalue weighted by atomic mass is 32.1. The van der Waals surface area contributed by atoms with E-state index in [1.165, 1.54) is 10.4 Å². The minimum absolute atomic E-state index is 0.0214. The van der Waals surface area contributed by atoms with E-state index in [0.29, 0.717) is 11.7 Å². The molecule has 4 aromatic rings. The van der Waals surface area contributed by atoms with Gasteiger partial charge in [-0.25, -0.2) is 4.57 Å². The molecule has 0 amide bonds. The van der Waals surface area contributed by atoms with Gasteiger partial charge in [-0.15, -0.1) is 21.5 Å². The summed E-state index contributed by atoms with van der Waals surface area (Å²) in [5.74, 6) is 2.08. The van der Waals surface area contributed by atoms with Gasteiger partial charge in [-0.1, -0.05) is 25.1 Å². The highest BCUT2D eigenvalue weighted by Crippen LogP contribution is 2.37. The zero-order valence-corrected chi connectivity index (χ0v) is 15.0. The molecule has 0 radical (unpaired) electrons. The molecule has 6 heteroatoms. The van der Waals surface area contributed by atoms with Gasteiger partial charge in [0.1, 0.15) is 10.7 Å². The van der Waals surface area contributed by atoms with Gasteiger partial charge in [-0.2, -0.15) is 0 Å². The van der Waals surface area contributed by atoms with Crippen LogP contribution in [0.5, 0.6) is 0 Å². The first kappa shape index (κ1) is 14.8. The summed E-state index contributed by atoms with van der Waals surface area (Å²) in [4.78, 5) is 15.8. The van der Waals surface area contributed by atoms with Crippen LogP contribution >= 0.6 is 11.3 Å². The average molecular weight is 350 g/mol. The van der Waals surface area contributed by atoms with Crippen LogP contribution in [0.15, 0.2) is 35.1 Å². The molecule has 0 bridgehead atoms. The second-order valence-electron chi connectivity index (χ2n) is 6.89. The van der Waals surface area contributed by atoms with Crippen molar-refractivity contribution in [2.24, 2.45) is 5.92 Å². The number of thiophene rings is 1. The molecule has 0 saturated carbocycles. The van der Waals surface area contributed by atoms with Gasteiger partial charge in [0.05, 0.1) is 11.1 Å². The van der Waals surface area contributed by atoms with E-state index in [2.05, 4.69) is 17.1 Å². The van der Waals surface area contributed by atoms with E-state index in [-0.39, 0.29) is 5.56 Å². The van der Waals surface area contributed by atoms with E-state index >= 15 is 0 Å². The standard InChI is InChI=1S/C19H18N4OS/c1-11-8-9-14-15(10-11)25-18-16(14)17(24)23(13-6-4-3-5-7-13)19-21-20-12(2)22(18)19/h3-7,11H,8-10H2,1-2H3/t11-/m1/s1. The van der Waals surface area contributed by atoms with Crippen LogP contribution in [0, 0.1) is 12.8 Å². The molecule has 3 aromatic heterocycles. The van der Waals surface area contributed by atoms with Crippen LogP contribution < -0.4 is 5.56 Å². The lowest BCUT2D eigenvalue weighted by Crippen LogP contribution is -2.22. The molecule has 0 fully saturated rings. The largest absolute Gasteiger partial charge is 0.268 e. The van der Waals surface area contributed by atoms with Crippen LogP contribution in [0.25, 0.3) is 21.7 Å². The molecule has 1 aromatic carbocycles. The average Bonchev–Trinajstić information content (AvgIpc) is 3.16. The molecule has 0 aliphatic heterocycles. The number of benzene rings is 1. The predicted octanol–water partition coefficient (Wildman–Crippen LogP) is 3.53. The normalized spacial score (nSPS) is 17.3. The van der Waals surface area contributed by atoms with Gasteiger partial charge >= 0.3 is 0 Å². The number of aryl methyl sites for hydroxylation is 2. The van der Waals surface area contributed by atoms with Crippen LogP contribution in [0.1, 0.15) is 29.6 Å². The second kappa shape index (κ2) is 5.26. The molecule has 1 aliphatic rings. The van der Waals surface area contributed by atoms with Gasteiger partial charge in [0.2, 0.25) is 5.78 Å². The van der Waals surface area contributed by atoms with Crippen molar-refractivity contribution in [2.45, 2.75) is 33.1 Å². The topological polar surface area (TPSA) is 52.2 Å². The smallest absolute Gasteiger partial charge is 0.268 e. The van der Waals surface area contributed by atoms with Crippen molar-refractivity contribution >= 4 is 27.3 Å². The maximum atomic E-state index is 13.5. The fourth-order valence-electron chi connectivity index (χ4n) is 3.86. The van der Waals surface area contributed by atoms with Crippen molar-refractivity contribution in [2.75, 3.05) is 0 Å². The van der Waals surface area contributed by atoms with Crippen LogP contribution in [-0.2, 0) is 12.8 Å². The zero-order valence-electron chi connectivity index (χ0n) is 14.2. The molecular weight excluding hydrogens is 332 g/mol. The number of aromatic nitrogens is 4. The number of hydrogen-bond acceptors (Lipinski definition) is 4. The van der Waals surface area contributed by atoms with Crippen molar-refractivity contribution in [3.63, 3.8) is 0 Å². The Kier molecular flexibility index (Phi) is 3.12. The minimum Gasteiger partial charge on any atom is -0.268 e. The Balaban J connectivity index is 1.98. The Morgan fingerprint density at radius 2 is 2.00 bits per heavy atom. The SMILES string of the molecule is Cc1nnc2n(-c3ccccc3)c(=O)c3c4c(sc3n12)C[C@H](C)CC4. The quantitative estimate of drug-likeness (QED) is 0.528. The molecule has 126 valence electrons. The summed E-state index contributed by atoms with van der Waals surface area (Å²) in [6.45, 7) is 4.23. The Hall–Kier alpha value is -2.47. The third kappa shape index (κ3) is 2.03. The van der Waals surface area contributed by atoms with Crippen molar-refractivity contribution in [1.29, 1.82) is 0 Å². The third-order valence-electron chi connectivity index (χ3n) is 5.14. The van der Waals surface area contributed by atoms with E-state index in [4.69, 9.17) is 0 Å². The van der Waals surface area contributed by atoms with Gasteiger partial charge in [0.15, 0.2) is 0 Å². The summed E-state index contributed by atoms with van der Waals surface area (Å²) in [5.41, 5.74) is 2.09. The second-order valence-corrected chi connectivity index (χ2v) is 7.97. The third-order valence-corrected chi connectivity index (χ3v) is 6.37. The fraction of sp³-hybridized carbons (Fsp3) is 0.316. The lowest BCUT2D eigenvalue weighted by atomic mass is 9.89. The summed E-state index contributed by atoms with van der Waals surface area (Å²) >= 11 is 1.74. The molecule has 0 unspecified atom stereocenters. The summed E-state index contributed by atoms with van der Waals surface area (Å²) in [7, 11) is 0. The van der Waals surface area contributed by atoms with Gasteiger partial charge in [-0.3, -0.25) is 9.20 Å². The lowest BCUT2D eigenvalue weighted by Gasteiger charge is -2.17. The van der Waals surface area contributed by atoms with E-state index < -0.39 is 0 Å². The van der Waals surface area contributed by atoms with Gasteiger partial charge in [0.25, 0.3) is 5.56 Å². The number of hydrogen-bond donors (Lipinski definition) is 0. The number of rotatable bonds is 1. The Morgan fingerprint density at radius 1 is 1.20 bits per heavy atom. The van der Waals surface area contributed by atoms with E-state index in [1.807, 2.05) is 41.7 Å². The molecule has 1 aliphatic carbocycles.